The Kier molecular flexibility index (Phi) is 5.04. The van der Waals surface area contributed by atoms with Crippen molar-refractivity contribution in [1.82, 2.24) is 24.1 Å². The van der Waals surface area contributed by atoms with Crippen LogP contribution in [0, 0.1) is 0 Å². The summed E-state index contributed by atoms with van der Waals surface area (Å²) in [7, 11) is 5.33. The molecule has 0 N–H and O–H groups in total. The van der Waals surface area contributed by atoms with Gasteiger partial charge in [-0.25, -0.2) is 4.68 Å². The minimum Gasteiger partial charge on any atom is -0.362 e. The molecule has 5 rings (SSSR count). The van der Waals surface area contributed by atoms with Crippen LogP contribution in [0.1, 0.15) is 0 Å². The highest BCUT2D eigenvalue weighted by Crippen LogP contribution is 2.35. The molecule has 0 atom stereocenters. The van der Waals surface area contributed by atoms with Gasteiger partial charge in [0.2, 0.25) is 0 Å². The predicted octanol–water partition coefficient (Wildman–Crippen LogP) is 4.87. The molecule has 0 bridgehead atoms. The van der Waals surface area contributed by atoms with E-state index in [0.29, 0.717) is 27.9 Å². The van der Waals surface area contributed by atoms with Crippen molar-refractivity contribution in [2.75, 3.05) is 7.11 Å². The molecule has 0 radical (unpaired) electrons. The second kappa shape index (κ2) is 7.78. The van der Waals surface area contributed by atoms with Gasteiger partial charge in [-0.3, -0.25) is 9.36 Å². The molecule has 0 aliphatic rings. The number of pyridine rings is 1. The van der Waals surface area contributed by atoms with Crippen LogP contribution in [0.25, 0.3) is 44.3 Å². The van der Waals surface area contributed by atoms with Crippen molar-refractivity contribution in [1.29, 1.82) is 0 Å². The van der Waals surface area contributed by atoms with Crippen molar-refractivity contribution < 1.29 is 4.74 Å². The molecular weight excluding hydrogens is 449 g/mol. The normalized spacial score (nSPS) is 11.7. The number of rotatable bonds is 4. The molecule has 162 valence electrons. The maximum absolute atomic E-state index is 13.2. The second-order valence-corrected chi connectivity index (χ2v) is 8.48. The number of aryl methyl sites for hydroxylation is 2. The summed E-state index contributed by atoms with van der Waals surface area (Å²) in [6.07, 6.45) is 1.84. The van der Waals surface area contributed by atoms with Gasteiger partial charge in [-0.15, -0.1) is 5.10 Å². The van der Waals surface area contributed by atoms with Gasteiger partial charge in [0.25, 0.3) is 5.56 Å². The highest BCUT2D eigenvalue weighted by Gasteiger charge is 2.18. The molecule has 0 aliphatic heterocycles. The molecule has 0 unspecified atom stereocenters. The van der Waals surface area contributed by atoms with Gasteiger partial charge in [0.05, 0.1) is 16.7 Å². The third-order valence-corrected chi connectivity index (χ3v) is 6.21. The van der Waals surface area contributed by atoms with E-state index in [0.717, 1.165) is 33.2 Å². The van der Waals surface area contributed by atoms with Gasteiger partial charge < -0.3 is 9.30 Å². The van der Waals surface area contributed by atoms with Crippen molar-refractivity contribution in [3.8, 4) is 22.4 Å². The summed E-state index contributed by atoms with van der Waals surface area (Å²) in [4.78, 5) is 13.2. The smallest absolute Gasteiger partial charge is 0.259 e. The number of methoxy groups -OCH3 is 1. The SMILES string of the molecule is COCn1cc(-c2ccc3c(c2)c2cc(-c4ccc(Cl)cc4Cl)c(=O)n(C)c2n3C)nn1. The first-order chi connectivity index (χ1) is 15.4. The van der Waals surface area contributed by atoms with Gasteiger partial charge in [-0.05, 0) is 30.3 Å². The number of fused-ring (bicyclic) bond motifs is 3. The topological polar surface area (TPSA) is 66.9 Å². The number of hydrogen-bond donors (Lipinski definition) is 0. The van der Waals surface area contributed by atoms with Gasteiger partial charge >= 0.3 is 0 Å². The monoisotopic (exact) mass is 467 g/mol. The van der Waals surface area contributed by atoms with E-state index >= 15 is 0 Å². The summed E-state index contributed by atoms with van der Waals surface area (Å²) in [5, 5.41) is 11.2. The zero-order valence-electron chi connectivity index (χ0n) is 17.6. The van der Waals surface area contributed by atoms with E-state index in [4.69, 9.17) is 27.9 Å². The van der Waals surface area contributed by atoms with E-state index in [9.17, 15) is 4.79 Å². The van der Waals surface area contributed by atoms with Gasteiger partial charge in [-0.2, -0.15) is 0 Å². The van der Waals surface area contributed by atoms with Crippen LogP contribution in [0.15, 0.2) is 53.5 Å². The largest absolute Gasteiger partial charge is 0.362 e. The van der Waals surface area contributed by atoms with E-state index in [2.05, 4.69) is 16.4 Å². The van der Waals surface area contributed by atoms with Crippen molar-refractivity contribution in [2.45, 2.75) is 6.73 Å². The minimum atomic E-state index is -0.129. The number of halogens is 2. The zero-order chi connectivity index (χ0) is 22.6. The standard InChI is InChI=1S/C23H19Cl2N5O2/c1-28-21-7-4-13(20-11-30(12-32-3)27-26-20)8-16(21)17-10-18(23(31)29(2)22(17)28)15-6-5-14(24)9-19(15)25/h4-11H,12H2,1-3H3. The first-order valence-corrected chi connectivity index (χ1v) is 10.6. The first kappa shape index (κ1) is 20.8. The Morgan fingerprint density at radius 2 is 1.78 bits per heavy atom. The second-order valence-electron chi connectivity index (χ2n) is 7.64. The van der Waals surface area contributed by atoms with Crippen molar-refractivity contribution in [2.24, 2.45) is 14.1 Å². The van der Waals surface area contributed by atoms with Crippen molar-refractivity contribution >= 4 is 45.1 Å². The van der Waals surface area contributed by atoms with Crippen LogP contribution >= 0.6 is 23.2 Å². The molecule has 3 aromatic heterocycles. The highest BCUT2D eigenvalue weighted by molar-refractivity contribution is 6.36. The van der Waals surface area contributed by atoms with E-state index in [1.54, 1.807) is 41.6 Å². The van der Waals surface area contributed by atoms with Crippen molar-refractivity contribution in [3.63, 3.8) is 0 Å². The fourth-order valence-corrected chi connectivity index (χ4v) is 4.69. The Labute approximate surface area is 193 Å². The van der Waals surface area contributed by atoms with Gasteiger partial charge in [0.1, 0.15) is 18.1 Å². The minimum absolute atomic E-state index is 0.129. The Morgan fingerprint density at radius 3 is 2.53 bits per heavy atom. The molecule has 0 aliphatic carbocycles. The summed E-state index contributed by atoms with van der Waals surface area (Å²) >= 11 is 12.5. The number of aromatic nitrogens is 5. The first-order valence-electron chi connectivity index (χ1n) is 9.86. The van der Waals surface area contributed by atoms with Crippen LogP contribution in [-0.2, 0) is 25.6 Å². The van der Waals surface area contributed by atoms with E-state index in [1.165, 1.54) is 0 Å². The lowest BCUT2D eigenvalue weighted by molar-refractivity contribution is 0.119. The number of nitrogens with zero attached hydrogens (tertiary/aromatic N) is 5. The zero-order valence-corrected chi connectivity index (χ0v) is 19.1. The maximum atomic E-state index is 13.2. The van der Waals surface area contributed by atoms with Crippen LogP contribution in [-0.4, -0.2) is 31.2 Å². The molecule has 0 amide bonds. The third-order valence-electron chi connectivity index (χ3n) is 5.67. The summed E-state index contributed by atoms with van der Waals surface area (Å²) in [5.41, 5.74) is 4.52. The van der Waals surface area contributed by atoms with Gasteiger partial charge in [0.15, 0.2) is 0 Å². The highest BCUT2D eigenvalue weighted by atomic mass is 35.5. The Hall–Kier alpha value is -3.13. The molecule has 32 heavy (non-hydrogen) atoms. The molecule has 0 spiro atoms. The molecule has 0 saturated heterocycles. The Balaban J connectivity index is 1.78. The summed E-state index contributed by atoms with van der Waals surface area (Å²) in [5.74, 6) is 0. The van der Waals surface area contributed by atoms with E-state index < -0.39 is 0 Å². The van der Waals surface area contributed by atoms with Crippen LogP contribution in [0.4, 0.5) is 0 Å². The molecule has 9 heteroatoms. The lowest BCUT2D eigenvalue weighted by atomic mass is 10.0. The van der Waals surface area contributed by atoms with Gasteiger partial charge in [-0.1, -0.05) is 40.5 Å². The lowest BCUT2D eigenvalue weighted by Gasteiger charge is -2.09. The number of benzene rings is 2. The Morgan fingerprint density at radius 1 is 0.969 bits per heavy atom. The summed E-state index contributed by atoms with van der Waals surface area (Å²) in [6.45, 7) is 0.330. The fourth-order valence-electron chi connectivity index (χ4n) is 4.18. The number of ether oxygens (including phenoxy) is 1. The fraction of sp³-hybridized carbons (Fsp3) is 0.174. The Bertz CT molecular complexity index is 1560. The van der Waals surface area contributed by atoms with Crippen LogP contribution < -0.4 is 5.56 Å². The summed E-state index contributed by atoms with van der Waals surface area (Å²) < 4.78 is 10.4. The van der Waals surface area contributed by atoms with Crippen LogP contribution in [0.3, 0.4) is 0 Å². The molecular formula is C23H19Cl2N5O2. The quantitative estimate of drug-likeness (QED) is 0.378. The van der Waals surface area contributed by atoms with E-state index in [-0.39, 0.29) is 5.56 Å². The maximum Gasteiger partial charge on any atom is 0.259 e. The molecule has 0 fully saturated rings. The number of hydrogen-bond acceptors (Lipinski definition) is 4. The average molecular weight is 468 g/mol. The van der Waals surface area contributed by atoms with Gasteiger partial charge in [0, 0.05) is 53.7 Å². The average Bonchev–Trinajstić information content (AvgIpc) is 3.34. The predicted molar refractivity (Wildman–Crippen MR) is 127 cm³/mol. The van der Waals surface area contributed by atoms with Crippen molar-refractivity contribution in [3.05, 3.63) is 69.1 Å². The molecule has 5 aromatic rings. The molecule has 2 aromatic carbocycles. The lowest BCUT2D eigenvalue weighted by Crippen LogP contribution is -2.20. The summed E-state index contributed by atoms with van der Waals surface area (Å²) in [6, 6.07) is 13.1. The third kappa shape index (κ3) is 3.21. The molecule has 0 saturated carbocycles. The van der Waals surface area contributed by atoms with Crippen LogP contribution in [0.2, 0.25) is 10.0 Å². The van der Waals surface area contributed by atoms with E-state index in [1.807, 2.05) is 36.0 Å². The molecule has 7 nitrogen and oxygen atoms in total. The van der Waals surface area contributed by atoms with Crippen LogP contribution in [0.5, 0.6) is 0 Å². The molecule has 3 heterocycles.